The van der Waals surface area contributed by atoms with Crippen LogP contribution < -0.4 is 0 Å². The molecular formula is C9H10ClNO3. The first-order valence-electron chi connectivity index (χ1n) is 3.99. The second-order valence-electron chi connectivity index (χ2n) is 2.69. The first kappa shape index (κ1) is 10.9. The van der Waals surface area contributed by atoms with Crippen LogP contribution in [-0.2, 0) is 9.53 Å². The van der Waals surface area contributed by atoms with Gasteiger partial charge < -0.3 is 9.84 Å². The Bertz CT molecular complexity index is 330. The van der Waals surface area contributed by atoms with E-state index in [0.29, 0.717) is 10.6 Å². The zero-order chi connectivity index (χ0) is 10.6. The highest BCUT2D eigenvalue weighted by molar-refractivity contribution is 6.31. The SMILES string of the molecule is COC(=O)C[C@H](O)c1ccncc1Cl. The Morgan fingerprint density at radius 3 is 3.07 bits per heavy atom. The molecule has 0 aliphatic heterocycles. The molecule has 0 unspecified atom stereocenters. The number of carbonyl (C=O) groups excluding carboxylic acids is 1. The average Bonchev–Trinajstić information content (AvgIpc) is 2.18. The average molecular weight is 216 g/mol. The molecule has 0 fully saturated rings. The third kappa shape index (κ3) is 2.68. The molecule has 0 saturated heterocycles. The summed E-state index contributed by atoms with van der Waals surface area (Å²) in [5.74, 6) is -0.481. The van der Waals surface area contributed by atoms with Crippen LogP contribution in [0.25, 0.3) is 0 Å². The number of methoxy groups -OCH3 is 1. The summed E-state index contributed by atoms with van der Waals surface area (Å²) >= 11 is 5.77. The standard InChI is InChI=1S/C9H10ClNO3/c1-14-9(13)4-8(12)6-2-3-11-5-7(6)10/h2-3,5,8,12H,4H2,1H3/t8-/m0/s1. The molecule has 0 amide bonds. The normalized spacial score (nSPS) is 12.2. The highest BCUT2D eigenvalue weighted by Crippen LogP contribution is 2.23. The Hall–Kier alpha value is -1.13. The topological polar surface area (TPSA) is 59.4 Å². The second-order valence-corrected chi connectivity index (χ2v) is 3.10. The van der Waals surface area contributed by atoms with Gasteiger partial charge in [0, 0.05) is 18.0 Å². The number of ether oxygens (including phenoxy) is 1. The van der Waals surface area contributed by atoms with Crippen LogP contribution in [0.5, 0.6) is 0 Å². The van der Waals surface area contributed by atoms with Crippen molar-refractivity contribution in [1.82, 2.24) is 4.98 Å². The molecular weight excluding hydrogens is 206 g/mol. The van der Waals surface area contributed by atoms with Gasteiger partial charge in [0.1, 0.15) is 0 Å². The molecule has 14 heavy (non-hydrogen) atoms. The minimum absolute atomic E-state index is 0.111. The van der Waals surface area contributed by atoms with Crippen LogP contribution in [0.1, 0.15) is 18.1 Å². The summed E-state index contributed by atoms with van der Waals surface area (Å²) in [4.78, 5) is 14.6. The van der Waals surface area contributed by atoms with E-state index < -0.39 is 12.1 Å². The highest BCUT2D eigenvalue weighted by Gasteiger charge is 2.15. The molecule has 76 valence electrons. The zero-order valence-corrected chi connectivity index (χ0v) is 8.36. The van der Waals surface area contributed by atoms with E-state index in [1.165, 1.54) is 19.5 Å². The number of rotatable bonds is 3. The number of aliphatic hydroxyl groups excluding tert-OH is 1. The van der Waals surface area contributed by atoms with E-state index in [1.807, 2.05) is 0 Å². The molecule has 0 aliphatic rings. The van der Waals surface area contributed by atoms with Gasteiger partial charge in [0.25, 0.3) is 0 Å². The highest BCUT2D eigenvalue weighted by atomic mass is 35.5. The van der Waals surface area contributed by atoms with E-state index in [1.54, 1.807) is 6.07 Å². The van der Waals surface area contributed by atoms with Crippen LogP contribution >= 0.6 is 11.6 Å². The Balaban J connectivity index is 2.74. The second kappa shape index (κ2) is 4.93. The summed E-state index contributed by atoms with van der Waals surface area (Å²) in [6.07, 6.45) is 1.86. The van der Waals surface area contributed by atoms with Crippen molar-refractivity contribution in [2.24, 2.45) is 0 Å². The molecule has 0 bridgehead atoms. The van der Waals surface area contributed by atoms with Crippen molar-refractivity contribution >= 4 is 17.6 Å². The predicted molar refractivity (Wildman–Crippen MR) is 50.8 cm³/mol. The fourth-order valence-electron chi connectivity index (χ4n) is 1.01. The lowest BCUT2D eigenvalue weighted by atomic mass is 10.1. The summed E-state index contributed by atoms with van der Waals surface area (Å²) in [6.45, 7) is 0. The van der Waals surface area contributed by atoms with Crippen molar-refractivity contribution in [3.63, 3.8) is 0 Å². The van der Waals surface area contributed by atoms with Crippen molar-refractivity contribution in [1.29, 1.82) is 0 Å². The van der Waals surface area contributed by atoms with Gasteiger partial charge in [0.05, 0.1) is 24.7 Å². The number of halogens is 1. The van der Waals surface area contributed by atoms with Crippen LogP contribution in [0.15, 0.2) is 18.5 Å². The Morgan fingerprint density at radius 1 is 1.79 bits per heavy atom. The largest absolute Gasteiger partial charge is 0.469 e. The maximum atomic E-state index is 10.9. The summed E-state index contributed by atoms with van der Waals surface area (Å²) in [5, 5.41) is 9.93. The predicted octanol–water partition coefficient (Wildman–Crippen LogP) is 1.33. The number of hydrogen-bond donors (Lipinski definition) is 1. The van der Waals surface area contributed by atoms with E-state index in [4.69, 9.17) is 11.6 Å². The number of aromatic nitrogens is 1. The van der Waals surface area contributed by atoms with Crippen molar-refractivity contribution in [3.05, 3.63) is 29.0 Å². The molecule has 1 heterocycles. The lowest BCUT2D eigenvalue weighted by Gasteiger charge is -2.10. The Kier molecular flexibility index (Phi) is 3.85. The molecule has 1 rings (SSSR count). The molecule has 0 radical (unpaired) electrons. The lowest BCUT2D eigenvalue weighted by molar-refractivity contribution is -0.142. The van der Waals surface area contributed by atoms with Gasteiger partial charge in [-0.1, -0.05) is 11.6 Å². The molecule has 0 saturated carbocycles. The molecule has 5 heteroatoms. The third-order valence-corrected chi connectivity index (χ3v) is 2.07. The fourth-order valence-corrected chi connectivity index (χ4v) is 1.25. The molecule has 1 aromatic rings. The minimum atomic E-state index is -0.946. The van der Waals surface area contributed by atoms with Gasteiger partial charge in [0.15, 0.2) is 0 Å². The van der Waals surface area contributed by atoms with Gasteiger partial charge in [-0.2, -0.15) is 0 Å². The van der Waals surface area contributed by atoms with Crippen LogP contribution in [0.2, 0.25) is 5.02 Å². The smallest absolute Gasteiger partial charge is 0.308 e. The fraction of sp³-hybridized carbons (Fsp3) is 0.333. The van der Waals surface area contributed by atoms with E-state index in [0.717, 1.165) is 0 Å². The molecule has 4 nitrogen and oxygen atoms in total. The van der Waals surface area contributed by atoms with Crippen molar-refractivity contribution in [2.75, 3.05) is 7.11 Å². The van der Waals surface area contributed by atoms with Crippen LogP contribution in [0.3, 0.4) is 0 Å². The molecule has 0 aliphatic carbocycles. The van der Waals surface area contributed by atoms with Crippen LogP contribution in [0.4, 0.5) is 0 Å². The summed E-state index contributed by atoms with van der Waals surface area (Å²) in [6, 6.07) is 1.57. The number of esters is 1. The van der Waals surface area contributed by atoms with Gasteiger partial charge in [-0.25, -0.2) is 0 Å². The number of carbonyl (C=O) groups is 1. The van der Waals surface area contributed by atoms with Gasteiger partial charge in [-0.3, -0.25) is 9.78 Å². The summed E-state index contributed by atoms with van der Waals surface area (Å²) in [5.41, 5.74) is 0.479. The minimum Gasteiger partial charge on any atom is -0.469 e. The van der Waals surface area contributed by atoms with E-state index in [9.17, 15) is 9.90 Å². The summed E-state index contributed by atoms with van der Waals surface area (Å²) in [7, 11) is 1.27. The number of hydrogen-bond acceptors (Lipinski definition) is 4. The molecule has 0 aromatic carbocycles. The van der Waals surface area contributed by atoms with E-state index in [-0.39, 0.29) is 6.42 Å². The van der Waals surface area contributed by atoms with Gasteiger partial charge in [-0.15, -0.1) is 0 Å². The lowest BCUT2D eigenvalue weighted by Crippen LogP contribution is -2.08. The Morgan fingerprint density at radius 2 is 2.50 bits per heavy atom. The van der Waals surface area contributed by atoms with Crippen molar-refractivity contribution in [3.8, 4) is 0 Å². The number of pyridine rings is 1. The van der Waals surface area contributed by atoms with Gasteiger partial charge in [0.2, 0.25) is 0 Å². The van der Waals surface area contributed by atoms with Gasteiger partial charge >= 0.3 is 5.97 Å². The quantitative estimate of drug-likeness (QED) is 0.773. The molecule has 1 atom stereocenters. The maximum Gasteiger partial charge on any atom is 0.308 e. The summed E-state index contributed by atoms with van der Waals surface area (Å²) < 4.78 is 4.42. The van der Waals surface area contributed by atoms with Crippen molar-refractivity contribution < 1.29 is 14.6 Å². The monoisotopic (exact) mass is 215 g/mol. The van der Waals surface area contributed by atoms with Crippen LogP contribution in [0, 0.1) is 0 Å². The molecule has 1 N–H and O–H groups in total. The Labute approximate surface area is 86.5 Å². The first-order chi connectivity index (χ1) is 6.65. The van der Waals surface area contributed by atoms with E-state index >= 15 is 0 Å². The maximum absolute atomic E-state index is 10.9. The molecule has 1 aromatic heterocycles. The number of nitrogens with zero attached hydrogens (tertiary/aromatic N) is 1. The zero-order valence-electron chi connectivity index (χ0n) is 7.61. The molecule has 0 spiro atoms. The first-order valence-corrected chi connectivity index (χ1v) is 4.37. The number of aliphatic hydroxyl groups is 1. The van der Waals surface area contributed by atoms with Crippen LogP contribution in [-0.4, -0.2) is 23.2 Å². The van der Waals surface area contributed by atoms with Crippen molar-refractivity contribution in [2.45, 2.75) is 12.5 Å². The van der Waals surface area contributed by atoms with E-state index in [2.05, 4.69) is 9.72 Å². The van der Waals surface area contributed by atoms with Gasteiger partial charge in [-0.05, 0) is 6.07 Å². The third-order valence-electron chi connectivity index (χ3n) is 1.75.